The van der Waals surface area contributed by atoms with Crippen LogP contribution in [0.4, 0.5) is 4.79 Å². The van der Waals surface area contributed by atoms with Gasteiger partial charge in [-0.15, -0.1) is 0 Å². The number of thioether (sulfide) groups is 1. The summed E-state index contributed by atoms with van der Waals surface area (Å²) in [6.07, 6.45) is 0. The van der Waals surface area contributed by atoms with E-state index in [1.165, 1.54) is 0 Å². The summed E-state index contributed by atoms with van der Waals surface area (Å²) in [5.74, 6) is 0. The van der Waals surface area contributed by atoms with Crippen LogP contribution in [0.1, 0.15) is 34.6 Å². The van der Waals surface area contributed by atoms with Crippen LogP contribution < -0.4 is 0 Å². The number of carbonyl (C=O) groups is 1. The van der Waals surface area contributed by atoms with Gasteiger partial charge in [0.1, 0.15) is 0 Å². The second-order valence-corrected chi connectivity index (χ2v) is 5.90. The summed E-state index contributed by atoms with van der Waals surface area (Å²) in [6.45, 7) is 9.57. The third kappa shape index (κ3) is 5.14. The average Bonchev–Trinajstić information content (AvgIpc) is 2.01. The van der Waals surface area contributed by atoms with Crippen molar-refractivity contribution in [1.82, 2.24) is 4.90 Å². The molecular formula is C10H17Cl2NOS. The Morgan fingerprint density at radius 3 is 1.80 bits per heavy atom. The summed E-state index contributed by atoms with van der Waals surface area (Å²) in [4.78, 5) is 13.6. The summed E-state index contributed by atoms with van der Waals surface area (Å²) in [6, 6.07) is 0.315. The van der Waals surface area contributed by atoms with Crippen molar-refractivity contribution >= 4 is 40.2 Å². The summed E-state index contributed by atoms with van der Waals surface area (Å²) in [7, 11) is 0. The van der Waals surface area contributed by atoms with Gasteiger partial charge in [-0.1, -0.05) is 23.2 Å². The van der Waals surface area contributed by atoms with Gasteiger partial charge in [-0.2, -0.15) is 0 Å². The van der Waals surface area contributed by atoms with Crippen LogP contribution in [0, 0.1) is 0 Å². The SMILES string of the molecule is CC(Cl)=C(Cl)SC(=O)N(C(C)C)C(C)C. The first-order chi connectivity index (χ1) is 6.77. The first kappa shape index (κ1) is 15.1. The fourth-order valence-electron chi connectivity index (χ4n) is 1.22. The maximum Gasteiger partial charge on any atom is 0.287 e. The minimum absolute atomic E-state index is 0.0648. The molecule has 0 atom stereocenters. The van der Waals surface area contributed by atoms with Gasteiger partial charge >= 0.3 is 0 Å². The zero-order chi connectivity index (χ0) is 12.2. The molecule has 2 nitrogen and oxygen atoms in total. The van der Waals surface area contributed by atoms with Crippen LogP contribution in [0.25, 0.3) is 0 Å². The molecule has 0 saturated heterocycles. The molecule has 0 aliphatic carbocycles. The number of carbonyl (C=O) groups excluding carboxylic acids is 1. The number of hydrogen-bond donors (Lipinski definition) is 0. The summed E-state index contributed by atoms with van der Waals surface area (Å²) in [5.41, 5.74) is 0. The Morgan fingerprint density at radius 2 is 1.53 bits per heavy atom. The fourth-order valence-corrected chi connectivity index (χ4v) is 2.35. The molecule has 1 amide bonds. The lowest BCUT2D eigenvalue weighted by molar-refractivity contribution is 0.190. The minimum atomic E-state index is -0.0648. The zero-order valence-electron chi connectivity index (χ0n) is 9.67. The fraction of sp³-hybridized carbons (Fsp3) is 0.700. The van der Waals surface area contributed by atoms with Gasteiger partial charge in [0.15, 0.2) is 0 Å². The van der Waals surface area contributed by atoms with Gasteiger partial charge in [0.2, 0.25) is 0 Å². The van der Waals surface area contributed by atoms with Crippen molar-refractivity contribution in [3.63, 3.8) is 0 Å². The van der Waals surface area contributed by atoms with Crippen LogP contribution in [0.3, 0.4) is 0 Å². The van der Waals surface area contributed by atoms with Crippen LogP contribution in [-0.2, 0) is 0 Å². The van der Waals surface area contributed by atoms with Gasteiger partial charge in [0.25, 0.3) is 5.24 Å². The smallest absolute Gasteiger partial charge is 0.287 e. The van der Waals surface area contributed by atoms with Crippen LogP contribution in [0.5, 0.6) is 0 Å². The van der Waals surface area contributed by atoms with Crippen LogP contribution >= 0.6 is 35.0 Å². The van der Waals surface area contributed by atoms with Gasteiger partial charge in [-0.05, 0) is 46.4 Å². The molecule has 0 aromatic rings. The topological polar surface area (TPSA) is 20.3 Å². The van der Waals surface area contributed by atoms with E-state index in [4.69, 9.17) is 23.2 Å². The first-order valence-electron chi connectivity index (χ1n) is 4.79. The normalized spacial score (nSPS) is 13.1. The van der Waals surface area contributed by atoms with Gasteiger partial charge in [0.05, 0.1) is 4.36 Å². The monoisotopic (exact) mass is 269 g/mol. The molecule has 15 heavy (non-hydrogen) atoms. The Bertz CT molecular complexity index is 252. The summed E-state index contributed by atoms with van der Waals surface area (Å²) < 4.78 is 0.341. The van der Waals surface area contributed by atoms with Crippen LogP contribution in [0.15, 0.2) is 9.40 Å². The largest absolute Gasteiger partial charge is 0.328 e. The molecule has 0 spiro atoms. The van der Waals surface area contributed by atoms with E-state index in [2.05, 4.69) is 0 Å². The van der Waals surface area contributed by atoms with E-state index < -0.39 is 0 Å². The number of nitrogens with zero attached hydrogens (tertiary/aromatic N) is 1. The van der Waals surface area contributed by atoms with E-state index >= 15 is 0 Å². The predicted octanol–water partition coefficient (Wildman–Crippen LogP) is 4.63. The van der Waals surface area contributed by atoms with Crippen molar-refractivity contribution in [3.8, 4) is 0 Å². The van der Waals surface area contributed by atoms with Crippen molar-refractivity contribution in [2.45, 2.75) is 46.7 Å². The van der Waals surface area contributed by atoms with Gasteiger partial charge in [-0.3, -0.25) is 4.79 Å². The van der Waals surface area contributed by atoms with Crippen molar-refractivity contribution in [2.24, 2.45) is 0 Å². The third-order valence-corrected chi connectivity index (χ3v) is 3.55. The standard InChI is InChI=1S/C10H17Cl2NOS/c1-6(2)13(7(3)4)10(14)15-9(12)8(5)11/h6-7H,1-5H3. The molecule has 0 aliphatic rings. The Labute approximate surface area is 106 Å². The molecular weight excluding hydrogens is 253 g/mol. The number of rotatable bonds is 3. The highest BCUT2D eigenvalue weighted by Gasteiger charge is 2.21. The quantitative estimate of drug-likeness (QED) is 0.745. The van der Waals surface area contributed by atoms with Crippen molar-refractivity contribution in [3.05, 3.63) is 9.40 Å². The summed E-state index contributed by atoms with van der Waals surface area (Å²) >= 11 is 12.5. The lowest BCUT2D eigenvalue weighted by Crippen LogP contribution is -2.39. The highest BCUT2D eigenvalue weighted by Crippen LogP contribution is 2.29. The molecule has 0 rings (SSSR count). The molecule has 0 heterocycles. The molecule has 0 saturated carbocycles. The lowest BCUT2D eigenvalue weighted by Gasteiger charge is -2.30. The maximum absolute atomic E-state index is 11.9. The Balaban J connectivity index is 4.61. The third-order valence-electron chi connectivity index (χ3n) is 1.77. The molecule has 0 fully saturated rings. The van der Waals surface area contributed by atoms with Crippen molar-refractivity contribution < 1.29 is 4.79 Å². The van der Waals surface area contributed by atoms with Gasteiger partial charge < -0.3 is 4.90 Å². The average molecular weight is 270 g/mol. The van der Waals surface area contributed by atoms with Crippen molar-refractivity contribution in [2.75, 3.05) is 0 Å². The van der Waals surface area contributed by atoms with E-state index in [0.717, 1.165) is 11.8 Å². The minimum Gasteiger partial charge on any atom is -0.328 e. The molecule has 0 N–H and O–H groups in total. The molecule has 0 aromatic carbocycles. The lowest BCUT2D eigenvalue weighted by atomic mass is 10.2. The van der Waals surface area contributed by atoms with E-state index in [9.17, 15) is 4.79 Å². The molecule has 0 radical (unpaired) electrons. The Morgan fingerprint density at radius 1 is 1.13 bits per heavy atom. The van der Waals surface area contributed by atoms with E-state index in [1.807, 2.05) is 27.7 Å². The van der Waals surface area contributed by atoms with Crippen LogP contribution in [0.2, 0.25) is 0 Å². The van der Waals surface area contributed by atoms with Crippen molar-refractivity contribution in [1.29, 1.82) is 0 Å². The number of hydrogen-bond acceptors (Lipinski definition) is 2. The second-order valence-electron chi connectivity index (χ2n) is 3.77. The number of halogens is 2. The second kappa shape index (κ2) is 6.66. The van der Waals surface area contributed by atoms with E-state index in [0.29, 0.717) is 9.40 Å². The molecule has 88 valence electrons. The molecule has 0 aliphatic heterocycles. The highest BCUT2D eigenvalue weighted by atomic mass is 35.5. The molecule has 5 heteroatoms. The van der Waals surface area contributed by atoms with E-state index in [-0.39, 0.29) is 17.3 Å². The maximum atomic E-state index is 11.9. The van der Waals surface area contributed by atoms with Gasteiger partial charge in [-0.25, -0.2) is 0 Å². The number of amides is 1. The number of allylic oxidation sites excluding steroid dienone is 1. The Hall–Kier alpha value is 0.140. The predicted molar refractivity (Wildman–Crippen MR) is 69.5 cm³/mol. The van der Waals surface area contributed by atoms with Crippen LogP contribution in [-0.4, -0.2) is 22.2 Å². The molecule has 0 bridgehead atoms. The molecule has 0 unspecified atom stereocenters. The first-order valence-corrected chi connectivity index (χ1v) is 6.36. The zero-order valence-corrected chi connectivity index (χ0v) is 12.0. The summed E-state index contributed by atoms with van der Waals surface area (Å²) in [5, 5.41) is 0.382. The van der Waals surface area contributed by atoms with E-state index in [1.54, 1.807) is 11.8 Å². The molecule has 0 aromatic heterocycles. The van der Waals surface area contributed by atoms with Gasteiger partial charge in [0, 0.05) is 17.1 Å². The Kier molecular flexibility index (Phi) is 6.73. The highest BCUT2D eigenvalue weighted by molar-refractivity contribution is 8.18.